The summed E-state index contributed by atoms with van der Waals surface area (Å²) in [6.07, 6.45) is 18.5. The fraction of sp³-hybridized carbons (Fsp3) is 0.760. The van der Waals surface area contributed by atoms with Gasteiger partial charge in [0.2, 0.25) is 0 Å². The van der Waals surface area contributed by atoms with Crippen molar-refractivity contribution in [2.45, 2.75) is 115 Å². The summed E-state index contributed by atoms with van der Waals surface area (Å²) in [7, 11) is 0. The lowest BCUT2D eigenvalue weighted by Crippen LogP contribution is -2.17. The van der Waals surface area contributed by atoms with Crippen LogP contribution in [0.4, 0.5) is 0 Å². The van der Waals surface area contributed by atoms with E-state index in [9.17, 15) is 5.11 Å². The molecule has 0 spiro atoms. The van der Waals surface area contributed by atoms with Crippen molar-refractivity contribution in [1.82, 2.24) is 0 Å². The molecule has 0 aliphatic heterocycles. The maximum absolute atomic E-state index is 9.70. The molecule has 0 unspecified atom stereocenters. The first kappa shape index (κ1) is 19.9. The van der Waals surface area contributed by atoms with Crippen molar-refractivity contribution < 1.29 is 5.11 Å². The summed E-state index contributed by atoms with van der Waals surface area (Å²) in [6, 6.07) is 9.60. The first-order valence-electron chi connectivity index (χ1n) is 11.5. The Morgan fingerprint density at radius 3 is 1.73 bits per heavy atom. The Balaban J connectivity index is 1.40. The number of unbranched alkanes of at least 4 members (excludes halogenated alkanes) is 4. The second-order valence-corrected chi connectivity index (χ2v) is 9.09. The molecule has 2 aliphatic rings. The van der Waals surface area contributed by atoms with Crippen molar-refractivity contribution in [3.63, 3.8) is 0 Å². The second kappa shape index (κ2) is 10.5. The molecule has 1 aromatic rings. The van der Waals surface area contributed by atoms with Crippen LogP contribution in [0, 0.1) is 5.92 Å². The van der Waals surface area contributed by atoms with Gasteiger partial charge in [0.25, 0.3) is 0 Å². The highest BCUT2D eigenvalue weighted by Gasteiger charge is 2.23. The van der Waals surface area contributed by atoms with Crippen LogP contribution in [0.2, 0.25) is 0 Å². The van der Waals surface area contributed by atoms with Crippen LogP contribution in [0.5, 0.6) is 0 Å². The van der Waals surface area contributed by atoms with Crippen molar-refractivity contribution in [2.24, 2.45) is 5.92 Å². The molecule has 2 aliphatic carbocycles. The van der Waals surface area contributed by atoms with Crippen LogP contribution in [-0.2, 0) is 0 Å². The van der Waals surface area contributed by atoms with E-state index in [2.05, 4.69) is 31.2 Å². The van der Waals surface area contributed by atoms with E-state index >= 15 is 0 Å². The second-order valence-electron chi connectivity index (χ2n) is 9.09. The van der Waals surface area contributed by atoms with Crippen LogP contribution in [0.1, 0.15) is 120 Å². The average molecular weight is 357 g/mol. The summed E-state index contributed by atoms with van der Waals surface area (Å²) >= 11 is 0. The number of aliphatic hydroxyl groups is 1. The molecular weight excluding hydrogens is 316 g/mol. The van der Waals surface area contributed by atoms with E-state index in [4.69, 9.17) is 0 Å². The van der Waals surface area contributed by atoms with E-state index in [-0.39, 0.29) is 6.10 Å². The van der Waals surface area contributed by atoms with E-state index in [0.29, 0.717) is 5.92 Å². The van der Waals surface area contributed by atoms with E-state index in [1.54, 1.807) is 5.56 Å². The predicted molar refractivity (Wildman–Crippen MR) is 112 cm³/mol. The zero-order chi connectivity index (χ0) is 18.2. The molecule has 1 nitrogen and oxygen atoms in total. The van der Waals surface area contributed by atoms with Crippen molar-refractivity contribution in [2.75, 3.05) is 0 Å². The fourth-order valence-corrected chi connectivity index (χ4v) is 5.27. The van der Waals surface area contributed by atoms with Gasteiger partial charge in [-0.1, -0.05) is 69.7 Å². The first-order chi connectivity index (χ1) is 12.8. The van der Waals surface area contributed by atoms with E-state index < -0.39 is 0 Å². The molecule has 1 N–H and O–H groups in total. The quantitative estimate of drug-likeness (QED) is 0.483. The van der Waals surface area contributed by atoms with Crippen LogP contribution in [0.3, 0.4) is 0 Å². The molecular formula is C25H40O. The van der Waals surface area contributed by atoms with E-state index in [1.165, 1.54) is 69.8 Å². The smallest absolute Gasteiger partial charge is 0.0540 e. The molecule has 0 atom stereocenters. The van der Waals surface area contributed by atoms with E-state index in [1.807, 2.05) is 0 Å². The van der Waals surface area contributed by atoms with Crippen LogP contribution in [0.15, 0.2) is 24.3 Å². The molecule has 0 heterocycles. The molecule has 1 aromatic carbocycles. The highest BCUT2D eigenvalue weighted by Crippen LogP contribution is 2.39. The van der Waals surface area contributed by atoms with Gasteiger partial charge >= 0.3 is 0 Å². The Morgan fingerprint density at radius 1 is 0.692 bits per heavy atom. The Morgan fingerprint density at radius 2 is 1.19 bits per heavy atom. The zero-order valence-corrected chi connectivity index (χ0v) is 17.0. The Labute approximate surface area is 161 Å². The van der Waals surface area contributed by atoms with E-state index in [0.717, 1.165) is 37.5 Å². The molecule has 0 radical (unpaired) electrons. The summed E-state index contributed by atoms with van der Waals surface area (Å²) in [5, 5.41) is 9.70. The minimum atomic E-state index is -0.0487. The highest BCUT2D eigenvalue weighted by atomic mass is 16.3. The molecule has 0 amide bonds. The normalized spacial score (nSPS) is 29.6. The minimum Gasteiger partial charge on any atom is -0.393 e. The topological polar surface area (TPSA) is 20.2 Å². The molecule has 146 valence electrons. The molecule has 2 saturated carbocycles. The van der Waals surface area contributed by atoms with Gasteiger partial charge in [0.05, 0.1) is 6.10 Å². The standard InChI is InChI=1S/C25H40O/c1-2-3-4-5-6-7-20-8-10-21(11-9-20)22-12-14-23(15-13-22)24-16-18-25(26)19-17-24/h12-15,20-21,24-26H,2-11,16-19H2,1H3. The summed E-state index contributed by atoms with van der Waals surface area (Å²) in [4.78, 5) is 0. The van der Waals surface area contributed by atoms with Crippen molar-refractivity contribution in [3.05, 3.63) is 35.4 Å². The van der Waals surface area contributed by atoms with Gasteiger partial charge < -0.3 is 5.11 Å². The molecule has 0 bridgehead atoms. The van der Waals surface area contributed by atoms with Crippen LogP contribution >= 0.6 is 0 Å². The van der Waals surface area contributed by atoms with Crippen LogP contribution in [0.25, 0.3) is 0 Å². The summed E-state index contributed by atoms with van der Waals surface area (Å²) < 4.78 is 0. The predicted octanol–water partition coefficient (Wildman–Crippen LogP) is 7.34. The van der Waals surface area contributed by atoms with Gasteiger partial charge in [-0.3, -0.25) is 0 Å². The maximum Gasteiger partial charge on any atom is 0.0540 e. The third-order valence-electron chi connectivity index (χ3n) is 7.14. The number of hydrogen-bond donors (Lipinski definition) is 1. The largest absolute Gasteiger partial charge is 0.393 e. The molecule has 26 heavy (non-hydrogen) atoms. The molecule has 0 aromatic heterocycles. The third kappa shape index (κ3) is 5.84. The Bertz CT molecular complexity index is 489. The maximum atomic E-state index is 9.70. The molecule has 3 rings (SSSR count). The number of aliphatic hydroxyl groups excluding tert-OH is 1. The van der Waals surface area contributed by atoms with Gasteiger partial charge in [0.1, 0.15) is 0 Å². The van der Waals surface area contributed by atoms with Gasteiger partial charge in [-0.05, 0) is 80.2 Å². The lowest BCUT2D eigenvalue weighted by atomic mass is 9.76. The summed E-state index contributed by atoms with van der Waals surface area (Å²) in [5.74, 6) is 2.48. The zero-order valence-electron chi connectivity index (χ0n) is 17.0. The first-order valence-corrected chi connectivity index (χ1v) is 11.5. The summed E-state index contributed by atoms with van der Waals surface area (Å²) in [5.41, 5.74) is 3.08. The molecule has 2 fully saturated rings. The average Bonchev–Trinajstić information content (AvgIpc) is 2.69. The van der Waals surface area contributed by atoms with Crippen molar-refractivity contribution in [1.29, 1.82) is 0 Å². The number of rotatable bonds is 8. The molecule has 1 heteroatoms. The van der Waals surface area contributed by atoms with Crippen molar-refractivity contribution in [3.8, 4) is 0 Å². The van der Waals surface area contributed by atoms with Crippen LogP contribution in [-0.4, -0.2) is 11.2 Å². The highest BCUT2D eigenvalue weighted by molar-refractivity contribution is 5.28. The summed E-state index contributed by atoms with van der Waals surface area (Å²) in [6.45, 7) is 2.30. The van der Waals surface area contributed by atoms with Gasteiger partial charge in [-0.25, -0.2) is 0 Å². The lowest BCUT2D eigenvalue weighted by molar-refractivity contribution is 0.122. The fourth-order valence-electron chi connectivity index (χ4n) is 5.27. The minimum absolute atomic E-state index is 0.0487. The van der Waals surface area contributed by atoms with Crippen molar-refractivity contribution >= 4 is 0 Å². The van der Waals surface area contributed by atoms with Gasteiger partial charge in [-0.2, -0.15) is 0 Å². The van der Waals surface area contributed by atoms with Gasteiger partial charge in [0, 0.05) is 0 Å². The third-order valence-corrected chi connectivity index (χ3v) is 7.14. The monoisotopic (exact) mass is 356 g/mol. The Kier molecular flexibility index (Phi) is 8.05. The van der Waals surface area contributed by atoms with Gasteiger partial charge in [-0.15, -0.1) is 0 Å². The lowest BCUT2D eigenvalue weighted by Gasteiger charge is -2.29. The number of benzene rings is 1. The SMILES string of the molecule is CCCCCCCC1CCC(c2ccc(C3CCC(O)CC3)cc2)CC1. The van der Waals surface area contributed by atoms with Crippen LogP contribution < -0.4 is 0 Å². The number of hydrogen-bond acceptors (Lipinski definition) is 1. The molecule has 0 saturated heterocycles. The van der Waals surface area contributed by atoms with Gasteiger partial charge in [0.15, 0.2) is 0 Å². The Hall–Kier alpha value is -0.820.